The second-order valence-electron chi connectivity index (χ2n) is 6.38. The number of ether oxygens (including phenoxy) is 2. The molecule has 0 aliphatic carbocycles. The van der Waals surface area contributed by atoms with Crippen molar-refractivity contribution in [1.82, 2.24) is 4.90 Å². The summed E-state index contributed by atoms with van der Waals surface area (Å²) in [6, 6.07) is 7.58. The van der Waals surface area contributed by atoms with Crippen LogP contribution in [-0.4, -0.2) is 40.6 Å². The third-order valence-electron chi connectivity index (χ3n) is 3.20. The van der Waals surface area contributed by atoms with Crippen LogP contribution in [0.2, 0.25) is 5.02 Å². The Hall–Kier alpha value is -0.780. The van der Waals surface area contributed by atoms with Crippen molar-refractivity contribution in [2.24, 2.45) is 0 Å². The molecule has 0 saturated carbocycles. The number of carbonyl (C=O) groups is 1. The van der Waals surface area contributed by atoms with Gasteiger partial charge in [-0.05, 0) is 38.5 Å². The van der Waals surface area contributed by atoms with Gasteiger partial charge >= 0.3 is 6.09 Å². The SMILES string of the molecule is CC(C)(C)OC(=O)N1CC(Br)C(OCc2cccc(Cl)c2)C1. The first-order valence-corrected chi connectivity index (χ1v) is 8.52. The molecule has 2 unspecified atom stereocenters. The minimum Gasteiger partial charge on any atom is -0.444 e. The summed E-state index contributed by atoms with van der Waals surface area (Å²) in [6.45, 7) is 7.15. The molecule has 1 saturated heterocycles. The van der Waals surface area contributed by atoms with Crippen molar-refractivity contribution >= 4 is 33.6 Å². The van der Waals surface area contributed by atoms with Crippen molar-refractivity contribution in [1.29, 1.82) is 0 Å². The van der Waals surface area contributed by atoms with E-state index in [0.717, 1.165) is 5.56 Å². The standard InChI is InChI=1S/C16H21BrClNO3/c1-16(2,3)22-15(20)19-8-13(17)14(9-19)21-10-11-5-4-6-12(18)7-11/h4-7,13-14H,8-10H2,1-3H3. The maximum absolute atomic E-state index is 12.1. The van der Waals surface area contributed by atoms with Gasteiger partial charge in [0, 0.05) is 11.6 Å². The number of carbonyl (C=O) groups excluding carboxylic acids is 1. The molecule has 1 aliphatic heterocycles. The third kappa shape index (κ3) is 5.14. The fourth-order valence-electron chi connectivity index (χ4n) is 2.20. The van der Waals surface area contributed by atoms with Crippen LogP contribution in [-0.2, 0) is 16.1 Å². The Morgan fingerprint density at radius 3 is 2.77 bits per heavy atom. The molecule has 0 aromatic heterocycles. The van der Waals surface area contributed by atoms with E-state index in [1.54, 1.807) is 4.90 Å². The lowest BCUT2D eigenvalue weighted by Crippen LogP contribution is -2.36. The van der Waals surface area contributed by atoms with Gasteiger partial charge in [0.15, 0.2) is 0 Å². The van der Waals surface area contributed by atoms with Gasteiger partial charge in [0.05, 0.1) is 24.1 Å². The monoisotopic (exact) mass is 389 g/mol. The highest BCUT2D eigenvalue weighted by molar-refractivity contribution is 9.09. The van der Waals surface area contributed by atoms with Gasteiger partial charge in [-0.3, -0.25) is 0 Å². The maximum atomic E-state index is 12.1. The van der Waals surface area contributed by atoms with E-state index >= 15 is 0 Å². The zero-order chi connectivity index (χ0) is 16.3. The Kier molecular flexibility index (Phi) is 5.75. The summed E-state index contributed by atoms with van der Waals surface area (Å²) in [6.07, 6.45) is -0.364. The normalized spacial score (nSPS) is 22.0. The van der Waals surface area contributed by atoms with Crippen molar-refractivity contribution in [2.45, 2.75) is 43.9 Å². The summed E-state index contributed by atoms with van der Waals surface area (Å²) in [7, 11) is 0. The predicted molar refractivity (Wildman–Crippen MR) is 90.6 cm³/mol. The highest BCUT2D eigenvalue weighted by atomic mass is 79.9. The maximum Gasteiger partial charge on any atom is 0.410 e. The Labute approximate surface area is 144 Å². The summed E-state index contributed by atoms with van der Waals surface area (Å²) in [5.74, 6) is 0. The van der Waals surface area contributed by atoms with E-state index in [9.17, 15) is 4.79 Å². The average Bonchev–Trinajstić information content (AvgIpc) is 2.76. The van der Waals surface area contributed by atoms with Crippen LogP contribution < -0.4 is 0 Å². The van der Waals surface area contributed by atoms with E-state index in [1.165, 1.54) is 0 Å². The fraction of sp³-hybridized carbons (Fsp3) is 0.562. The molecule has 1 fully saturated rings. The molecular weight excluding hydrogens is 370 g/mol. The first-order valence-electron chi connectivity index (χ1n) is 7.22. The van der Waals surface area contributed by atoms with Crippen LogP contribution in [0.25, 0.3) is 0 Å². The Balaban J connectivity index is 1.87. The Morgan fingerprint density at radius 1 is 1.41 bits per heavy atom. The van der Waals surface area contributed by atoms with E-state index in [4.69, 9.17) is 21.1 Å². The minimum atomic E-state index is -0.487. The quantitative estimate of drug-likeness (QED) is 0.725. The van der Waals surface area contributed by atoms with Gasteiger partial charge in [0.2, 0.25) is 0 Å². The second kappa shape index (κ2) is 7.20. The molecule has 2 atom stereocenters. The van der Waals surface area contributed by atoms with Crippen LogP contribution in [0.5, 0.6) is 0 Å². The third-order valence-corrected chi connectivity index (χ3v) is 4.32. The molecule has 2 rings (SSSR count). The van der Waals surface area contributed by atoms with Crippen molar-refractivity contribution in [3.8, 4) is 0 Å². The van der Waals surface area contributed by atoms with Gasteiger partial charge in [0.25, 0.3) is 0 Å². The molecule has 0 bridgehead atoms. The largest absolute Gasteiger partial charge is 0.444 e. The number of amides is 1. The number of halogens is 2. The van der Waals surface area contributed by atoms with E-state index < -0.39 is 5.60 Å². The number of hydrogen-bond donors (Lipinski definition) is 0. The number of benzene rings is 1. The predicted octanol–water partition coefficient (Wildman–Crippen LogP) is 4.24. The molecule has 6 heteroatoms. The van der Waals surface area contributed by atoms with Crippen molar-refractivity contribution in [3.63, 3.8) is 0 Å². The van der Waals surface area contributed by atoms with Gasteiger partial charge < -0.3 is 14.4 Å². The van der Waals surface area contributed by atoms with Crippen molar-refractivity contribution in [3.05, 3.63) is 34.9 Å². The molecule has 4 nitrogen and oxygen atoms in total. The average molecular weight is 391 g/mol. The zero-order valence-corrected chi connectivity index (χ0v) is 15.4. The van der Waals surface area contributed by atoms with E-state index in [1.807, 2.05) is 45.0 Å². The Bertz CT molecular complexity index is 532. The summed E-state index contributed by atoms with van der Waals surface area (Å²) in [5, 5.41) is 0.693. The summed E-state index contributed by atoms with van der Waals surface area (Å²) < 4.78 is 11.3. The molecule has 1 amide bonds. The first kappa shape index (κ1) is 17.6. The highest BCUT2D eigenvalue weighted by Crippen LogP contribution is 2.24. The van der Waals surface area contributed by atoms with Crippen LogP contribution in [0.15, 0.2) is 24.3 Å². The molecule has 0 N–H and O–H groups in total. The molecule has 0 spiro atoms. The molecule has 0 radical (unpaired) electrons. The second-order valence-corrected chi connectivity index (χ2v) is 7.99. The van der Waals surface area contributed by atoms with E-state index in [-0.39, 0.29) is 17.0 Å². The molecule has 1 heterocycles. The minimum absolute atomic E-state index is 0.0634. The molecule has 22 heavy (non-hydrogen) atoms. The lowest BCUT2D eigenvalue weighted by atomic mass is 10.2. The molecule has 1 aromatic rings. The lowest BCUT2D eigenvalue weighted by molar-refractivity contribution is 0.0189. The lowest BCUT2D eigenvalue weighted by Gasteiger charge is -2.24. The summed E-state index contributed by atoms with van der Waals surface area (Å²) >= 11 is 9.54. The topological polar surface area (TPSA) is 38.8 Å². The number of rotatable bonds is 3. The fourth-order valence-corrected chi connectivity index (χ4v) is 3.08. The van der Waals surface area contributed by atoms with Crippen molar-refractivity contribution in [2.75, 3.05) is 13.1 Å². The van der Waals surface area contributed by atoms with Crippen LogP contribution in [0.1, 0.15) is 26.3 Å². The molecule has 1 aliphatic rings. The smallest absolute Gasteiger partial charge is 0.410 e. The number of alkyl halides is 1. The zero-order valence-electron chi connectivity index (χ0n) is 13.0. The molecular formula is C16H21BrClNO3. The van der Waals surface area contributed by atoms with Crippen LogP contribution >= 0.6 is 27.5 Å². The van der Waals surface area contributed by atoms with Crippen LogP contribution in [0.3, 0.4) is 0 Å². The van der Waals surface area contributed by atoms with Crippen LogP contribution in [0, 0.1) is 0 Å². The molecule has 1 aromatic carbocycles. The van der Waals surface area contributed by atoms with Gasteiger partial charge in [-0.25, -0.2) is 4.79 Å². The van der Waals surface area contributed by atoms with Gasteiger partial charge in [-0.15, -0.1) is 0 Å². The van der Waals surface area contributed by atoms with E-state index in [0.29, 0.717) is 24.7 Å². The summed E-state index contributed by atoms with van der Waals surface area (Å²) in [4.78, 5) is 13.9. The molecule has 122 valence electrons. The number of likely N-dealkylation sites (tertiary alicyclic amines) is 1. The van der Waals surface area contributed by atoms with Crippen LogP contribution in [0.4, 0.5) is 4.79 Å². The summed E-state index contributed by atoms with van der Waals surface area (Å²) in [5.41, 5.74) is 0.529. The first-order chi connectivity index (χ1) is 10.2. The van der Waals surface area contributed by atoms with Gasteiger partial charge in [0.1, 0.15) is 5.60 Å². The van der Waals surface area contributed by atoms with Crippen molar-refractivity contribution < 1.29 is 14.3 Å². The number of hydrogen-bond acceptors (Lipinski definition) is 3. The highest BCUT2D eigenvalue weighted by Gasteiger charge is 2.36. The number of nitrogens with zero attached hydrogens (tertiary/aromatic N) is 1. The van der Waals surface area contributed by atoms with Gasteiger partial charge in [-0.1, -0.05) is 39.7 Å². The van der Waals surface area contributed by atoms with E-state index in [2.05, 4.69) is 15.9 Å². The Morgan fingerprint density at radius 2 is 2.14 bits per heavy atom. The van der Waals surface area contributed by atoms with Gasteiger partial charge in [-0.2, -0.15) is 0 Å².